The summed E-state index contributed by atoms with van der Waals surface area (Å²) in [7, 11) is 0. The number of carbonyl (C=O) groups is 2. The van der Waals surface area contributed by atoms with Gasteiger partial charge in [0.25, 0.3) is 0 Å². The van der Waals surface area contributed by atoms with Crippen molar-refractivity contribution in [2.45, 2.75) is 19.3 Å². The van der Waals surface area contributed by atoms with E-state index in [-0.39, 0.29) is 17.7 Å². The molecule has 1 aliphatic rings. The Morgan fingerprint density at radius 3 is 2.55 bits per heavy atom. The quantitative estimate of drug-likeness (QED) is 0.865. The average Bonchev–Trinajstić information content (AvgIpc) is 2.94. The Balaban J connectivity index is 1.73. The summed E-state index contributed by atoms with van der Waals surface area (Å²) >= 11 is 0. The van der Waals surface area contributed by atoms with Crippen molar-refractivity contribution in [1.82, 2.24) is 5.32 Å². The first-order chi connectivity index (χ1) is 9.66. The van der Waals surface area contributed by atoms with Crippen LogP contribution in [0.4, 0.5) is 0 Å². The lowest BCUT2D eigenvalue weighted by molar-refractivity contribution is -0.141. The average molecular weight is 273 g/mol. The van der Waals surface area contributed by atoms with Gasteiger partial charge in [-0.3, -0.25) is 9.59 Å². The van der Waals surface area contributed by atoms with E-state index in [1.807, 2.05) is 42.5 Å². The molecule has 2 rings (SSSR count). The maximum Gasteiger partial charge on any atom is 0.306 e. The molecular weight excluding hydrogens is 254 g/mol. The first-order valence-corrected chi connectivity index (χ1v) is 6.89. The third-order valence-corrected chi connectivity index (χ3v) is 3.66. The second kappa shape index (κ2) is 6.89. The summed E-state index contributed by atoms with van der Waals surface area (Å²) in [5.41, 5.74) is 1.09. The number of hydrogen-bond donors (Lipinski definition) is 2. The topological polar surface area (TPSA) is 66.4 Å². The van der Waals surface area contributed by atoms with Gasteiger partial charge in [-0.25, -0.2) is 0 Å². The van der Waals surface area contributed by atoms with Gasteiger partial charge >= 0.3 is 5.97 Å². The molecule has 0 radical (unpaired) electrons. The van der Waals surface area contributed by atoms with E-state index in [9.17, 15) is 9.59 Å². The fourth-order valence-corrected chi connectivity index (χ4v) is 2.51. The van der Waals surface area contributed by atoms with Crippen molar-refractivity contribution in [3.63, 3.8) is 0 Å². The lowest BCUT2D eigenvalue weighted by Crippen LogP contribution is -2.29. The van der Waals surface area contributed by atoms with Crippen LogP contribution >= 0.6 is 0 Å². The van der Waals surface area contributed by atoms with Crippen LogP contribution in [0.25, 0.3) is 6.08 Å². The van der Waals surface area contributed by atoms with Crippen molar-refractivity contribution >= 4 is 18.0 Å². The molecule has 106 valence electrons. The predicted octanol–water partition coefficient (Wildman–Crippen LogP) is 2.32. The third kappa shape index (κ3) is 3.95. The number of carboxylic acid groups (broad SMARTS) is 1. The zero-order valence-corrected chi connectivity index (χ0v) is 11.3. The highest BCUT2D eigenvalue weighted by molar-refractivity contribution is 5.81. The number of benzene rings is 1. The van der Waals surface area contributed by atoms with Gasteiger partial charge in [-0.2, -0.15) is 0 Å². The van der Waals surface area contributed by atoms with Crippen molar-refractivity contribution in [3.05, 3.63) is 42.0 Å². The van der Waals surface area contributed by atoms with Crippen LogP contribution in [0.3, 0.4) is 0 Å². The molecule has 4 heteroatoms. The van der Waals surface area contributed by atoms with E-state index < -0.39 is 5.97 Å². The van der Waals surface area contributed by atoms with Crippen molar-refractivity contribution in [2.75, 3.05) is 6.54 Å². The third-order valence-electron chi connectivity index (χ3n) is 3.66. The van der Waals surface area contributed by atoms with Crippen LogP contribution in [0.15, 0.2) is 36.4 Å². The summed E-state index contributed by atoms with van der Waals surface area (Å²) in [6.07, 6.45) is 5.59. The minimum Gasteiger partial charge on any atom is -0.481 e. The van der Waals surface area contributed by atoms with Crippen LogP contribution in [-0.2, 0) is 9.59 Å². The fraction of sp³-hybridized carbons (Fsp3) is 0.375. The van der Waals surface area contributed by atoms with Crippen molar-refractivity contribution < 1.29 is 14.7 Å². The zero-order chi connectivity index (χ0) is 14.4. The van der Waals surface area contributed by atoms with Crippen molar-refractivity contribution in [2.24, 2.45) is 11.8 Å². The fourth-order valence-electron chi connectivity index (χ4n) is 2.51. The highest BCUT2D eigenvalue weighted by atomic mass is 16.4. The van der Waals surface area contributed by atoms with Crippen molar-refractivity contribution in [1.29, 1.82) is 0 Å². The van der Waals surface area contributed by atoms with Crippen LogP contribution in [0.1, 0.15) is 24.8 Å². The maximum atomic E-state index is 11.9. The largest absolute Gasteiger partial charge is 0.481 e. The second-order valence-corrected chi connectivity index (χ2v) is 5.10. The first-order valence-electron chi connectivity index (χ1n) is 6.89. The standard InChI is InChI=1S/C16H19NO3/c18-15(13-8-9-14(11-13)16(19)20)17-10-4-7-12-5-2-1-3-6-12/h1-7,13-14H,8-11H2,(H,17,18)(H,19,20)/t13-,14+/m0/s1. The highest BCUT2D eigenvalue weighted by Gasteiger charge is 2.33. The van der Waals surface area contributed by atoms with Crippen molar-refractivity contribution in [3.8, 4) is 0 Å². The van der Waals surface area contributed by atoms with E-state index in [0.717, 1.165) is 5.56 Å². The van der Waals surface area contributed by atoms with Crippen LogP contribution in [0.2, 0.25) is 0 Å². The van der Waals surface area contributed by atoms with Gasteiger partial charge in [-0.1, -0.05) is 42.5 Å². The first kappa shape index (κ1) is 14.3. The predicted molar refractivity (Wildman–Crippen MR) is 77.0 cm³/mol. The molecule has 0 bridgehead atoms. The molecule has 0 unspecified atom stereocenters. The summed E-state index contributed by atoms with van der Waals surface area (Å²) in [6, 6.07) is 9.86. The van der Waals surface area contributed by atoms with Gasteiger partial charge in [-0.05, 0) is 24.8 Å². The van der Waals surface area contributed by atoms with E-state index >= 15 is 0 Å². The number of hydrogen-bond acceptors (Lipinski definition) is 2. The number of carboxylic acids is 1. The molecule has 2 atom stereocenters. The molecule has 0 heterocycles. The monoisotopic (exact) mass is 273 g/mol. The molecule has 1 amide bonds. The van der Waals surface area contributed by atoms with Crippen LogP contribution in [0, 0.1) is 11.8 Å². The molecule has 1 aromatic rings. The normalized spacial score (nSPS) is 22.0. The van der Waals surface area contributed by atoms with Gasteiger partial charge in [0.2, 0.25) is 5.91 Å². The number of carbonyl (C=O) groups excluding carboxylic acids is 1. The molecule has 1 aliphatic carbocycles. The molecule has 0 aliphatic heterocycles. The maximum absolute atomic E-state index is 11.9. The smallest absolute Gasteiger partial charge is 0.306 e. The zero-order valence-electron chi connectivity index (χ0n) is 11.3. The van der Waals surface area contributed by atoms with Gasteiger partial charge < -0.3 is 10.4 Å². The van der Waals surface area contributed by atoms with Gasteiger partial charge in [-0.15, -0.1) is 0 Å². The minimum absolute atomic E-state index is 0.0357. The molecule has 20 heavy (non-hydrogen) atoms. The molecule has 0 aromatic heterocycles. The second-order valence-electron chi connectivity index (χ2n) is 5.10. The van der Waals surface area contributed by atoms with Gasteiger partial charge in [0.1, 0.15) is 0 Å². The summed E-state index contributed by atoms with van der Waals surface area (Å²) in [5.74, 6) is -1.33. The molecule has 0 saturated heterocycles. The van der Waals surface area contributed by atoms with E-state index in [4.69, 9.17) is 5.11 Å². The number of nitrogens with one attached hydrogen (secondary N) is 1. The van der Waals surface area contributed by atoms with Crippen LogP contribution < -0.4 is 5.32 Å². The number of amides is 1. The number of aliphatic carboxylic acids is 1. The van der Waals surface area contributed by atoms with Crippen LogP contribution in [0.5, 0.6) is 0 Å². The molecule has 0 spiro atoms. The van der Waals surface area contributed by atoms with E-state index in [2.05, 4.69) is 5.32 Å². The Morgan fingerprint density at radius 2 is 1.90 bits per heavy atom. The van der Waals surface area contributed by atoms with Gasteiger partial charge in [0.15, 0.2) is 0 Å². The SMILES string of the molecule is O=C(O)[C@@H]1CC[C@H](C(=O)NCC=Cc2ccccc2)C1. The minimum atomic E-state index is -0.788. The van der Waals surface area contributed by atoms with E-state index in [1.54, 1.807) is 0 Å². The lowest BCUT2D eigenvalue weighted by Gasteiger charge is -2.09. The molecule has 2 N–H and O–H groups in total. The molecule has 1 saturated carbocycles. The van der Waals surface area contributed by atoms with Gasteiger partial charge in [0.05, 0.1) is 5.92 Å². The highest BCUT2D eigenvalue weighted by Crippen LogP contribution is 2.30. The Kier molecular flexibility index (Phi) is 4.93. The summed E-state index contributed by atoms with van der Waals surface area (Å²) in [6.45, 7) is 0.474. The Bertz CT molecular complexity index is 496. The Hall–Kier alpha value is -2.10. The molecular formula is C16H19NO3. The molecule has 4 nitrogen and oxygen atoms in total. The number of rotatable bonds is 5. The summed E-state index contributed by atoms with van der Waals surface area (Å²) < 4.78 is 0. The van der Waals surface area contributed by atoms with Gasteiger partial charge in [0, 0.05) is 12.5 Å². The Labute approximate surface area is 118 Å². The summed E-state index contributed by atoms with van der Waals surface area (Å²) in [5, 5.41) is 11.7. The summed E-state index contributed by atoms with van der Waals surface area (Å²) in [4.78, 5) is 22.7. The molecule has 1 aromatic carbocycles. The van der Waals surface area contributed by atoms with E-state index in [1.165, 1.54) is 0 Å². The Morgan fingerprint density at radius 1 is 1.20 bits per heavy atom. The molecule has 1 fully saturated rings. The van der Waals surface area contributed by atoms with Crippen LogP contribution in [-0.4, -0.2) is 23.5 Å². The lowest BCUT2D eigenvalue weighted by atomic mass is 10.0. The van der Waals surface area contributed by atoms with E-state index in [0.29, 0.717) is 25.8 Å².